The van der Waals surface area contributed by atoms with Crippen molar-refractivity contribution in [2.45, 2.75) is 44.7 Å². The van der Waals surface area contributed by atoms with Gasteiger partial charge < -0.3 is 25.3 Å². The second kappa shape index (κ2) is 10.7. The number of anilines is 4. The fraction of sp³-hybridized carbons (Fsp3) is 0.444. The molecule has 14 heteroatoms. The Hall–Kier alpha value is -4.62. The van der Waals surface area contributed by atoms with Gasteiger partial charge in [0.2, 0.25) is 17.8 Å². The van der Waals surface area contributed by atoms with Gasteiger partial charge in [0.05, 0.1) is 34.2 Å². The molecular formula is C27H28ClN11O2. The Morgan fingerprint density at radius 2 is 1.85 bits per heavy atom. The molecule has 1 aromatic carbocycles. The van der Waals surface area contributed by atoms with Crippen LogP contribution in [0.25, 0.3) is 5.65 Å². The maximum Gasteiger partial charge on any atom is 0.247 e. The molecule has 0 spiro atoms. The van der Waals surface area contributed by atoms with Crippen molar-refractivity contribution in [2.75, 3.05) is 48.3 Å². The van der Waals surface area contributed by atoms with E-state index in [1.54, 1.807) is 21.9 Å². The molecule has 2 amide bonds. The van der Waals surface area contributed by atoms with E-state index in [2.05, 4.69) is 37.8 Å². The van der Waals surface area contributed by atoms with Crippen LogP contribution in [-0.4, -0.2) is 86.0 Å². The average Bonchev–Trinajstić information content (AvgIpc) is 3.48. The molecule has 1 atom stereocenters. The number of hydrogen-bond acceptors (Lipinski definition) is 10. The zero-order valence-corrected chi connectivity index (χ0v) is 23.2. The first-order valence-corrected chi connectivity index (χ1v) is 14.0. The predicted molar refractivity (Wildman–Crippen MR) is 151 cm³/mol. The van der Waals surface area contributed by atoms with E-state index in [1.807, 2.05) is 4.90 Å². The summed E-state index contributed by atoms with van der Waals surface area (Å²) in [4.78, 5) is 39.6. The lowest BCUT2D eigenvalue weighted by Crippen LogP contribution is -2.54. The van der Waals surface area contributed by atoms with Crippen LogP contribution in [-0.2, 0) is 9.59 Å². The van der Waals surface area contributed by atoms with Crippen molar-refractivity contribution in [3.8, 4) is 12.1 Å². The van der Waals surface area contributed by atoms with Gasteiger partial charge in [-0.05, 0) is 37.8 Å². The maximum absolute atomic E-state index is 13.2. The molecule has 210 valence electrons. The van der Waals surface area contributed by atoms with Crippen LogP contribution in [0.2, 0.25) is 5.02 Å². The Kier molecular flexibility index (Phi) is 6.97. The van der Waals surface area contributed by atoms with E-state index in [-0.39, 0.29) is 23.5 Å². The van der Waals surface area contributed by atoms with Gasteiger partial charge in [-0.2, -0.15) is 20.0 Å². The zero-order chi connectivity index (χ0) is 28.7. The summed E-state index contributed by atoms with van der Waals surface area (Å²) in [5.41, 5.74) is 2.21. The predicted octanol–water partition coefficient (Wildman–Crippen LogP) is 2.50. The van der Waals surface area contributed by atoms with E-state index in [0.717, 1.165) is 19.3 Å². The Morgan fingerprint density at radius 3 is 2.54 bits per heavy atom. The highest BCUT2D eigenvalue weighted by atomic mass is 35.5. The lowest BCUT2D eigenvalue weighted by atomic mass is 10.1. The largest absolute Gasteiger partial charge is 0.367 e. The highest BCUT2D eigenvalue weighted by Crippen LogP contribution is 2.37. The minimum absolute atomic E-state index is 0.0176. The number of benzene rings is 1. The highest BCUT2D eigenvalue weighted by Gasteiger charge is 2.36. The van der Waals surface area contributed by atoms with E-state index in [0.29, 0.717) is 78.6 Å². The summed E-state index contributed by atoms with van der Waals surface area (Å²) in [6.45, 7) is 4.11. The average molecular weight is 574 g/mol. The Balaban J connectivity index is 1.23. The number of carbonyl (C=O) groups is 2. The van der Waals surface area contributed by atoms with Crippen molar-refractivity contribution in [1.82, 2.24) is 29.4 Å². The molecule has 0 unspecified atom stereocenters. The van der Waals surface area contributed by atoms with E-state index < -0.39 is 6.04 Å². The maximum atomic E-state index is 13.2. The second-order valence-corrected chi connectivity index (χ2v) is 10.8. The molecule has 1 saturated carbocycles. The van der Waals surface area contributed by atoms with Crippen LogP contribution in [0.1, 0.15) is 43.9 Å². The SMILES string of the molecule is CC(=O)N1CCC[C@@H]1C(=O)N1CCN(c2cc(C#N)cc(Nc3nc(NC4CC4)c4ncc(C#N)n4n3)c2Cl)CC1. The number of carbonyl (C=O) groups excluding carboxylic acids is 2. The van der Waals surface area contributed by atoms with Crippen LogP contribution < -0.4 is 15.5 Å². The summed E-state index contributed by atoms with van der Waals surface area (Å²) in [5.74, 6) is 0.608. The third-order valence-electron chi connectivity index (χ3n) is 7.70. The number of imidazole rings is 1. The molecule has 3 aromatic rings. The number of hydrogen-bond donors (Lipinski definition) is 2. The minimum Gasteiger partial charge on any atom is -0.367 e. The fourth-order valence-electron chi connectivity index (χ4n) is 5.42. The van der Waals surface area contributed by atoms with Gasteiger partial charge in [0.25, 0.3) is 0 Å². The number of aromatic nitrogens is 4. The fourth-order valence-corrected chi connectivity index (χ4v) is 5.70. The quantitative estimate of drug-likeness (QED) is 0.448. The van der Waals surface area contributed by atoms with Crippen LogP contribution in [0.3, 0.4) is 0 Å². The number of halogens is 1. The number of likely N-dealkylation sites (tertiary alicyclic amines) is 1. The Labute approximate surface area is 241 Å². The number of nitrogens with one attached hydrogen (secondary N) is 2. The van der Waals surface area contributed by atoms with Crippen molar-refractivity contribution >= 4 is 52.2 Å². The molecule has 3 aliphatic rings. The summed E-state index contributed by atoms with van der Waals surface area (Å²) >= 11 is 6.89. The molecule has 0 radical (unpaired) electrons. The van der Waals surface area contributed by atoms with Crippen molar-refractivity contribution in [2.24, 2.45) is 0 Å². The number of nitriles is 2. The summed E-state index contributed by atoms with van der Waals surface area (Å²) in [6.07, 6.45) is 5.01. The molecule has 2 aromatic heterocycles. The van der Waals surface area contributed by atoms with Crippen LogP contribution in [0.4, 0.5) is 23.1 Å². The monoisotopic (exact) mass is 573 g/mol. The second-order valence-electron chi connectivity index (χ2n) is 10.5. The summed E-state index contributed by atoms with van der Waals surface area (Å²) in [6, 6.07) is 7.54. The standard InChI is InChI=1S/C27H28ClN11O2/c1-16(40)38-6-2-3-21(38)26(41)37-9-7-36(8-10-37)22-12-17(13-29)11-20(23(22)28)33-27-34-24(32-18-4-5-18)25-31-15-19(14-30)39(25)35-27/h11-12,15,18,21H,2-10H2,1H3,(H2,32,33,34,35)/t21-/m1/s1. The van der Waals surface area contributed by atoms with Crippen molar-refractivity contribution in [3.05, 3.63) is 34.6 Å². The van der Waals surface area contributed by atoms with E-state index >= 15 is 0 Å². The first-order valence-electron chi connectivity index (χ1n) is 13.6. The first kappa shape index (κ1) is 26.6. The lowest BCUT2D eigenvalue weighted by molar-refractivity contribution is -0.143. The van der Waals surface area contributed by atoms with E-state index in [1.165, 1.54) is 17.6 Å². The normalized spacial score (nSPS) is 18.7. The number of nitrogens with zero attached hydrogens (tertiary/aromatic N) is 9. The van der Waals surface area contributed by atoms with Gasteiger partial charge in [0.15, 0.2) is 17.2 Å². The van der Waals surface area contributed by atoms with Crippen molar-refractivity contribution in [3.63, 3.8) is 0 Å². The molecule has 1 aliphatic carbocycles. The topological polar surface area (TPSA) is 159 Å². The summed E-state index contributed by atoms with van der Waals surface area (Å²) in [5, 5.41) is 30.6. The smallest absolute Gasteiger partial charge is 0.247 e. The summed E-state index contributed by atoms with van der Waals surface area (Å²) < 4.78 is 1.43. The molecular weight excluding hydrogens is 546 g/mol. The molecule has 2 N–H and O–H groups in total. The molecule has 13 nitrogen and oxygen atoms in total. The van der Waals surface area contributed by atoms with Crippen LogP contribution in [0, 0.1) is 22.7 Å². The van der Waals surface area contributed by atoms with E-state index in [9.17, 15) is 20.1 Å². The Morgan fingerprint density at radius 1 is 1.07 bits per heavy atom. The molecule has 3 fully saturated rings. The third kappa shape index (κ3) is 5.16. The van der Waals surface area contributed by atoms with Crippen LogP contribution in [0.5, 0.6) is 0 Å². The van der Waals surface area contributed by atoms with Crippen LogP contribution >= 0.6 is 11.6 Å². The third-order valence-corrected chi connectivity index (χ3v) is 8.10. The molecule has 2 aliphatic heterocycles. The summed E-state index contributed by atoms with van der Waals surface area (Å²) in [7, 11) is 0. The van der Waals surface area contributed by atoms with Crippen molar-refractivity contribution in [1.29, 1.82) is 10.5 Å². The van der Waals surface area contributed by atoms with Gasteiger partial charge in [0.1, 0.15) is 12.1 Å². The van der Waals surface area contributed by atoms with Gasteiger partial charge in [-0.25, -0.2) is 4.98 Å². The van der Waals surface area contributed by atoms with E-state index in [4.69, 9.17) is 11.6 Å². The molecule has 0 bridgehead atoms. The molecule has 2 saturated heterocycles. The number of rotatable bonds is 6. The van der Waals surface area contributed by atoms with Gasteiger partial charge in [-0.3, -0.25) is 9.59 Å². The highest BCUT2D eigenvalue weighted by molar-refractivity contribution is 6.36. The zero-order valence-electron chi connectivity index (χ0n) is 22.5. The van der Waals surface area contributed by atoms with Gasteiger partial charge >= 0.3 is 0 Å². The van der Waals surface area contributed by atoms with Crippen LogP contribution in [0.15, 0.2) is 18.3 Å². The van der Waals surface area contributed by atoms with Gasteiger partial charge in [0, 0.05) is 45.7 Å². The van der Waals surface area contributed by atoms with Crippen molar-refractivity contribution < 1.29 is 9.59 Å². The number of piperazine rings is 1. The molecule has 6 rings (SSSR count). The minimum atomic E-state index is -0.394. The van der Waals surface area contributed by atoms with Gasteiger partial charge in [-0.1, -0.05) is 11.6 Å². The molecule has 4 heterocycles. The molecule has 41 heavy (non-hydrogen) atoms. The number of fused-ring (bicyclic) bond motifs is 1. The lowest BCUT2D eigenvalue weighted by Gasteiger charge is -2.38. The number of amides is 2. The first-order chi connectivity index (χ1) is 19.9. The van der Waals surface area contributed by atoms with Gasteiger partial charge in [-0.15, -0.1) is 5.10 Å². The Bertz CT molecular complexity index is 1610.